The van der Waals surface area contributed by atoms with Gasteiger partial charge in [-0.15, -0.1) is 0 Å². The molecule has 0 saturated carbocycles. The molecular formula is C13H23N3O3S. The average Bonchev–Trinajstić information content (AvgIpc) is 2.96. The third kappa shape index (κ3) is 3.41. The molecule has 1 aliphatic heterocycles. The third-order valence-corrected chi connectivity index (χ3v) is 5.10. The molecule has 0 spiro atoms. The van der Waals surface area contributed by atoms with E-state index in [0.717, 1.165) is 25.9 Å². The smallest absolute Gasteiger partial charge is 0.242 e. The fourth-order valence-electron chi connectivity index (χ4n) is 2.57. The molecule has 1 atom stereocenters. The van der Waals surface area contributed by atoms with Crippen molar-refractivity contribution in [3.05, 3.63) is 18.0 Å². The molecule has 0 radical (unpaired) electrons. The number of hydrogen-bond acceptors (Lipinski definition) is 4. The second-order valence-corrected chi connectivity index (χ2v) is 7.10. The van der Waals surface area contributed by atoms with Crippen molar-refractivity contribution >= 4 is 10.0 Å². The van der Waals surface area contributed by atoms with Gasteiger partial charge in [-0.3, -0.25) is 0 Å². The van der Waals surface area contributed by atoms with Crippen LogP contribution in [0.4, 0.5) is 0 Å². The van der Waals surface area contributed by atoms with E-state index in [4.69, 9.17) is 0 Å². The largest absolute Gasteiger partial charge is 0.390 e. The predicted molar refractivity (Wildman–Crippen MR) is 76.9 cm³/mol. The Bertz CT molecular complexity index is 553. The van der Waals surface area contributed by atoms with Gasteiger partial charge >= 0.3 is 0 Å². The highest BCUT2D eigenvalue weighted by molar-refractivity contribution is 7.89. The Morgan fingerprint density at radius 1 is 1.50 bits per heavy atom. The van der Waals surface area contributed by atoms with Gasteiger partial charge in [-0.25, -0.2) is 13.1 Å². The standard InChI is InChI=1S/C13H23N3O3S/c1-3-5-16-9-13(7-12(16)10-17)20(18,19)14-11-4-6-15(2)8-11/h7,9,11,14,17H,3-6,8,10H2,1-2H3. The second kappa shape index (κ2) is 6.26. The van der Waals surface area contributed by atoms with Gasteiger partial charge in [0.1, 0.15) is 0 Å². The molecule has 0 aliphatic carbocycles. The van der Waals surface area contributed by atoms with E-state index in [1.54, 1.807) is 16.8 Å². The maximum atomic E-state index is 12.4. The molecule has 1 unspecified atom stereocenters. The molecule has 1 aromatic rings. The first kappa shape index (κ1) is 15.5. The Morgan fingerprint density at radius 2 is 2.25 bits per heavy atom. The number of likely N-dealkylation sites (N-methyl/N-ethyl adjacent to an activating group) is 1. The number of aliphatic hydroxyl groups excluding tert-OH is 1. The van der Waals surface area contributed by atoms with E-state index in [-0.39, 0.29) is 17.5 Å². The zero-order valence-corrected chi connectivity index (χ0v) is 12.9. The van der Waals surface area contributed by atoms with E-state index >= 15 is 0 Å². The molecule has 20 heavy (non-hydrogen) atoms. The predicted octanol–water partition coefficient (Wildman–Crippen LogP) is 0.373. The lowest BCUT2D eigenvalue weighted by atomic mass is 10.3. The summed E-state index contributed by atoms with van der Waals surface area (Å²) < 4.78 is 29.3. The molecule has 0 aromatic carbocycles. The molecule has 1 aliphatic rings. The molecule has 7 heteroatoms. The number of rotatable bonds is 6. The number of aromatic nitrogens is 1. The van der Waals surface area contributed by atoms with Crippen molar-refractivity contribution in [1.29, 1.82) is 0 Å². The van der Waals surface area contributed by atoms with Crippen LogP contribution in [0.2, 0.25) is 0 Å². The lowest BCUT2D eigenvalue weighted by Gasteiger charge is -2.12. The number of sulfonamides is 1. The molecule has 2 N–H and O–H groups in total. The summed E-state index contributed by atoms with van der Waals surface area (Å²) in [5, 5.41) is 9.30. The Morgan fingerprint density at radius 3 is 2.80 bits per heavy atom. The average molecular weight is 301 g/mol. The lowest BCUT2D eigenvalue weighted by Crippen LogP contribution is -2.36. The summed E-state index contributed by atoms with van der Waals surface area (Å²) in [7, 11) is -1.52. The molecule has 1 aromatic heterocycles. The Labute approximate surface area is 120 Å². The molecule has 0 amide bonds. The maximum absolute atomic E-state index is 12.4. The highest BCUT2D eigenvalue weighted by atomic mass is 32.2. The van der Waals surface area contributed by atoms with Gasteiger partial charge in [0.05, 0.1) is 11.5 Å². The second-order valence-electron chi connectivity index (χ2n) is 5.39. The van der Waals surface area contributed by atoms with Crippen molar-refractivity contribution in [1.82, 2.24) is 14.2 Å². The first-order valence-corrected chi connectivity index (χ1v) is 8.45. The van der Waals surface area contributed by atoms with Crippen LogP contribution in [0.5, 0.6) is 0 Å². The fraction of sp³-hybridized carbons (Fsp3) is 0.692. The van der Waals surface area contributed by atoms with E-state index in [0.29, 0.717) is 12.2 Å². The van der Waals surface area contributed by atoms with Crippen molar-refractivity contribution in [3.63, 3.8) is 0 Å². The first-order chi connectivity index (χ1) is 9.46. The Balaban J connectivity index is 2.16. The van der Waals surface area contributed by atoms with Crippen molar-refractivity contribution in [3.8, 4) is 0 Å². The zero-order valence-electron chi connectivity index (χ0n) is 12.0. The summed E-state index contributed by atoms with van der Waals surface area (Å²) in [6.07, 6.45) is 3.33. The quantitative estimate of drug-likeness (QED) is 0.796. The van der Waals surface area contributed by atoms with Gasteiger partial charge in [-0.05, 0) is 32.5 Å². The minimum atomic E-state index is -3.51. The number of aryl methyl sites for hydroxylation is 1. The topological polar surface area (TPSA) is 74.6 Å². The van der Waals surface area contributed by atoms with Crippen molar-refractivity contribution in [2.24, 2.45) is 0 Å². The van der Waals surface area contributed by atoms with Crippen LogP contribution >= 0.6 is 0 Å². The van der Waals surface area contributed by atoms with E-state index in [1.165, 1.54) is 0 Å². The third-order valence-electron chi connectivity index (χ3n) is 3.61. The summed E-state index contributed by atoms with van der Waals surface area (Å²) in [6.45, 7) is 4.22. The number of hydrogen-bond donors (Lipinski definition) is 2. The van der Waals surface area contributed by atoms with E-state index < -0.39 is 10.0 Å². The monoisotopic (exact) mass is 301 g/mol. The number of nitrogens with zero attached hydrogens (tertiary/aromatic N) is 2. The zero-order chi connectivity index (χ0) is 14.8. The minimum Gasteiger partial charge on any atom is -0.390 e. The van der Waals surface area contributed by atoms with Crippen LogP contribution < -0.4 is 4.72 Å². The summed E-state index contributed by atoms with van der Waals surface area (Å²) >= 11 is 0. The van der Waals surface area contributed by atoms with Gasteiger partial charge in [-0.1, -0.05) is 6.92 Å². The summed E-state index contributed by atoms with van der Waals surface area (Å²) in [6, 6.07) is 1.52. The number of nitrogens with one attached hydrogen (secondary N) is 1. The maximum Gasteiger partial charge on any atom is 0.242 e. The summed E-state index contributed by atoms with van der Waals surface area (Å²) in [5.74, 6) is 0. The first-order valence-electron chi connectivity index (χ1n) is 6.97. The number of likely N-dealkylation sites (tertiary alicyclic amines) is 1. The van der Waals surface area contributed by atoms with Crippen LogP contribution in [0, 0.1) is 0 Å². The molecule has 2 rings (SSSR count). The lowest BCUT2D eigenvalue weighted by molar-refractivity contribution is 0.270. The normalized spacial score (nSPS) is 20.6. The molecule has 114 valence electrons. The van der Waals surface area contributed by atoms with E-state index in [2.05, 4.69) is 9.62 Å². The number of aliphatic hydroxyl groups is 1. The molecule has 2 heterocycles. The van der Waals surface area contributed by atoms with Gasteiger partial charge in [0.15, 0.2) is 0 Å². The highest BCUT2D eigenvalue weighted by Crippen LogP contribution is 2.17. The van der Waals surface area contributed by atoms with Gasteiger partial charge < -0.3 is 14.6 Å². The van der Waals surface area contributed by atoms with E-state index in [1.807, 2.05) is 14.0 Å². The fourth-order valence-corrected chi connectivity index (χ4v) is 3.90. The van der Waals surface area contributed by atoms with Crippen LogP contribution in [0.25, 0.3) is 0 Å². The van der Waals surface area contributed by atoms with Gasteiger partial charge in [0, 0.05) is 31.0 Å². The van der Waals surface area contributed by atoms with Gasteiger partial charge in [-0.2, -0.15) is 0 Å². The Hall–Kier alpha value is -0.890. The summed E-state index contributed by atoms with van der Waals surface area (Å²) in [5.41, 5.74) is 0.635. The van der Waals surface area contributed by atoms with Crippen LogP contribution in [0.15, 0.2) is 17.2 Å². The van der Waals surface area contributed by atoms with Crippen LogP contribution in [0.3, 0.4) is 0 Å². The Kier molecular flexibility index (Phi) is 4.85. The van der Waals surface area contributed by atoms with Gasteiger partial charge in [0.25, 0.3) is 0 Å². The van der Waals surface area contributed by atoms with Crippen molar-refractivity contribution in [2.45, 2.75) is 43.9 Å². The molecule has 1 saturated heterocycles. The van der Waals surface area contributed by atoms with Crippen LogP contribution in [-0.4, -0.2) is 49.2 Å². The molecular weight excluding hydrogens is 278 g/mol. The SMILES string of the molecule is CCCn1cc(S(=O)(=O)NC2CCN(C)C2)cc1CO. The van der Waals surface area contributed by atoms with E-state index in [9.17, 15) is 13.5 Å². The molecule has 6 nitrogen and oxygen atoms in total. The van der Waals surface area contributed by atoms with Crippen molar-refractivity contribution in [2.75, 3.05) is 20.1 Å². The van der Waals surface area contributed by atoms with Gasteiger partial charge in [0.2, 0.25) is 10.0 Å². The van der Waals surface area contributed by atoms with Crippen LogP contribution in [-0.2, 0) is 23.2 Å². The molecule has 1 fully saturated rings. The molecule has 0 bridgehead atoms. The highest BCUT2D eigenvalue weighted by Gasteiger charge is 2.26. The summed E-state index contributed by atoms with van der Waals surface area (Å²) in [4.78, 5) is 2.35. The van der Waals surface area contributed by atoms with Crippen LogP contribution in [0.1, 0.15) is 25.5 Å². The van der Waals surface area contributed by atoms with Crippen molar-refractivity contribution < 1.29 is 13.5 Å². The minimum absolute atomic E-state index is 0.0305.